The van der Waals surface area contributed by atoms with E-state index in [4.69, 9.17) is 5.84 Å². The normalized spacial score (nSPS) is 12.7. The maximum absolute atomic E-state index is 5.60. The maximum Gasteiger partial charge on any atom is 0.0879 e. The molecule has 2 heterocycles. The molecule has 16 heavy (non-hydrogen) atoms. The quantitative estimate of drug-likeness (QED) is 0.586. The van der Waals surface area contributed by atoms with Crippen molar-refractivity contribution in [2.24, 2.45) is 12.9 Å². The summed E-state index contributed by atoms with van der Waals surface area (Å²) in [6.07, 6.45) is 3.54. The highest BCUT2D eigenvalue weighted by Gasteiger charge is 2.15. The van der Waals surface area contributed by atoms with Crippen LogP contribution in [0.1, 0.15) is 23.0 Å². The second-order valence-corrected chi connectivity index (χ2v) is 3.71. The second-order valence-electron chi connectivity index (χ2n) is 3.71. The first-order valence-corrected chi connectivity index (χ1v) is 5.09. The molecule has 0 saturated heterocycles. The largest absolute Gasteiger partial charge is 0.271 e. The van der Waals surface area contributed by atoms with Gasteiger partial charge in [0.2, 0.25) is 0 Å². The molecule has 0 fully saturated rings. The number of nitrogens with one attached hydrogen (secondary N) is 1. The molecule has 84 valence electrons. The molecule has 0 spiro atoms. The van der Waals surface area contributed by atoms with Crippen molar-refractivity contribution in [3.05, 3.63) is 47.5 Å². The van der Waals surface area contributed by atoms with Crippen molar-refractivity contribution in [1.82, 2.24) is 20.2 Å². The molecule has 0 amide bonds. The predicted molar refractivity (Wildman–Crippen MR) is 61.3 cm³/mol. The molecule has 1 atom stereocenters. The number of rotatable bonds is 3. The number of nitrogens with two attached hydrogens (primary N) is 1. The van der Waals surface area contributed by atoms with Crippen molar-refractivity contribution >= 4 is 0 Å². The van der Waals surface area contributed by atoms with E-state index >= 15 is 0 Å². The third-order valence-electron chi connectivity index (χ3n) is 2.58. The number of aromatic nitrogens is 3. The SMILES string of the molecule is Cc1cc(C(NN)c2ccnn2C)ccn1. The molecular weight excluding hydrogens is 202 g/mol. The standard InChI is InChI=1S/C11H15N5/c1-8-7-9(3-5-13-8)11(15-12)10-4-6-14-16(10)2/h3-7,11,15H,12H2,1-2H3. The van der Waals surface area contributed by atoms with E-state index in [-0.39, 0.29) is 6.04 Å². The summed E-state index contributed by atoms with van der Waals surface area (Å²) < 4.78 is 1.81. The third kappa shape index (κ3) is 1.95. The van der Waals surface area contributed by atoms with Gasteiger partial charge in [0.05, 0.1) is 11.7 Å². The molecule has 0 aliphatic rings. The van der Waals surface area contributed by atoms with Crippen LogP contribution < -0.4 is 11.3 Å². The van der Waals surface area contributed by atoms with Gasteiger partial charge in [0.25, 0.3) is 0 Å². The molecule has 2 rings (SSSR count). The Morgan fingerprint density at radius 3 is 2.75 bits per heavy atom. The summed E-state index contributed by atoms with van der Waals surface area (Å²) in [5, 5.41) is 4.14. The number of aryl methyl sites for hydroxylation is 2. The van der Waals surface area contributed by atoms with Crippen molar-refractivity contribution in [3.63, 3.8) is 0 Å². The summed E-state index contributed by atoms with van der Waals surface area (Å²) >= 11 is 0. The Labute approximate surface area is 94.3 Å². The van der Waals surface area contributed by atoms with Gasteiger partial charge in [-0.3, -0.25) is 15.5 Å². The monoisotopic (exact) mass is 217 g/mol. The van der Waals surface area contributed by atoms with Crippen LogP contribution in [-0.2, 0) is 7.05 Å². The lowest BCUT2D eigenvalue weighted by Crippen LogP contribution is -2.30. The van der Waals surface area contributed by atoms with Crippen molar-refractivity contribution in [1.29, 1.82) is 0 Å². The Kier molecular flexibility index (Phi) is 2.98. The van der Waals surface area contributed by atoms with E-state index in [1.54, 1.807) is 17.1 Å². The fraction of sp³-hybridized carbons (Fsp3) is 0.273. The number of nitrogens with zero attached hydrogens (tertiary/aromatic N) is 3. The van der Waals surface area contributed by atoms with Crippen LogP contribution in [0.25, 0.3) is 0 Å². The molecule has 0 radical (unpaired) electrons. The van der Waals surface area contributed by atoms with Crippen LogP contribution in [0.5, 0.6) is 0 Å². The van der Waals surface area contributed by atoms with E-state index in [9.17, 15) is 0 Å². The second kappa shape index (κ2) is 4.42. The maximum atomic E-state index is 5.60. The fourth-order valence-corrected chi connectivity index (χ4v) is 1.77. The Morgan fingerprint density at radius 1 is 1.38 bits per heavy atom. The van der Waals surface area contributed by atoms with Crippen molar-refractivity contribution in [2.45, 2.75) is 13.0 Å². The zero-order valence-electron chi connectivity index (χ0n) is 9.38. The summed E-state index contributed by atoms with van der Waals surface area (Å²) in [6, 6.07) is 5.84. The highest BCUT2D eigenvalue weighted by molar-refractivity contribution is 5.27. The third-order valence-corrected chi connectivity index (χ3v) is 2.58. The first-order chi connectivity index (χ1) is 7.72. The topological polar surface area (TPSA) is 68.8 Å². The van der Waals surface area contributed by atoms with E-state index in [1.165, 1.54) is 0 Å². The number of pyridine rings is 1. The van der Waals surface area contributed by atoms with Crippen LogP contribution in [0.3, 0.4) is 0 Å². The lowest BCUT2D eigenvalue weighted by molar-refractivity contribution is 0.574. The average Bonchev–Trinajstić information content (AvgIpc) is 2.67. The van der Waals surface area contributed by atoms with Gasteiger partial charge in [0.1, 0.15) is 0 Å². The van der Waals surface area contributed by atoms with E-state index in [0.29, 0.717) is 0 Å². The summed E-state index contributed by atoms with van der Waals surface area (Å²) in [5.74, 6) is 5.60. The first kappa shape index (κ1) is 10.8. The van der Waals surface area contributed by atoms with Gasteiger partial charge in [0.15, 0.2) is 0 Å². The van der Waals surface area contributed by atoms with Gasteiger partial charge in [-0.2, -0.15) is 5.10 Å². The van der Waals surface area contributed by atoms with Gasteiger partial charge in [0, 0.05) is 25.1 Å². The molecular formula is C11H15N5. The molecule has 5 nitrogen and oxygen atoms in total. The zero-order valence-corrected chi connectivity index (χ0v) is 9.38. The van der Waals surface area contributed by atoms with Crippen LogP contribution in [-0.4, -0.2) is 14.8 Å². The fourth-order valence-electron chi connectivity index (χ4n) is 1.77. The Bertz CT molecular complexity index is 477. The van der Waals surface area contributed by atoms with Gasteiger partial charge < -0.3 is 0 Å². The number of hydrazine groups is 1. The minimum absolute atomic E-state index is 0.0609. The van der Waals surface area contributed by atoms with E-state index in [1.807, 2.05) is 32.2 Å². The molecule has 0 bridgehead atoms. The van der Waals surface area contributed by atoms with Gasteiger partial charge in [-0.05, 0) is 30.7 Å². The van der Waals surface area contributed by atoms with Crippen LogP contribution in [0.15, 0.2) is 30.6 Å². The van der Waals surface area contributed by atoms with E-state index in [0.717, 1.165) is 17.0 Å². The van der Waals surface area contributed by atoms with Crippen LogP contribution in [0.4, 0.5) is 0 Å². The van der Waals surface area contributed by atoms with Gasteiger partial charge >= 0.3 is 0 Å². The summed E-state index contributed by atoms with van der Waals surface area (Å²) in [4.78, 5) is 4.17. The highest BCUT2D eigenvalue weighted by Crippen LogP contribution is 2.20. The Hall–Kier alpha value is -1.72. The van der Waals surface area contributed by atoms with Gasteiger partial charge in [-0.15, -0.1) is 0 Å². The van der Waals surface area contributed by atoms with Gasteiger partial charge in [-0.1, -0.05) is 0 Å². The molecule has 0 saturated carbocycles. The van der Waals surface area contributed by atoms with Crippen molar-refractivity contribution in [3.8, 4) is 0 Å². The molecule has 1 unspecified atom stereocenters. The number of hydrogen-bond acceptors (Lipinski definition) is 4. The molecule has 5 heteroatoms. The summed E-state index contributed by atoms with van der Waals surface area (Å²) in [5.41, 5.74) is 5.88. The van der Waals surface area contributed by atoms with Crippen LogP contribution in [0.2, 0.25) is 0 Å². The Morgan fingerprint density at radius 2 is 2.19 bits per heavy atom. The zero-order chi connectivity index (χ0) is 11.5. The minimum Gasteiger partial charge on any atom is -0.271 e. The van der Waals surface area contributed by atoms with Crippen molar-refractivity contribution in [2.75, 3.05) is 0 Å². The smallest absolute Gasteiger partial charge is 0.0879 e. The predicted octanol–water partition coefficient (Wildman–Crippen LogP) is 0.676. The number of hydrogen-bond donors (Lipinski definition) is 2. The molecule has 2 aromatic rings. The van der Waals surface area contributed by atoms with Crippen LogP contribution >= 0.6 is 0 Å². The van der Waals surface area contributed by atoms with Gasteiger partial charge in [-0.25, -0.2) is 5.43 Å². The summed E-state index contributed by atoms with van der Waals surface area (Å²) in [7, 11) is 1.90. The molecule has 0 aromatic carbocycles. The van der Waals surface area contributed by atoms with Crippen LogP contribution in [0, 0.1) is 6.92 Å². The average molecular weight is 217 g/mol. The van der Waals surface area contributed by atoms with E-state index < -0.39 is 0 Å². The summed E-state index contributed by atoms with van der Waals surface area (Å²) in [6.45, 7) is 1.96. The van der Waals surface area contributed by atoms with Crippen molar-refractivity contribution < 1.29 is 0 Å². The molecule has 0 aliphatic carbocycles. The minimum atomic E-state index is -0.0609. The first-order valence-electron chi connectivity index (χ1n) is 5.09. The lowest BCUT2D eigenvalue weighted by Gasteiger charge is -2.16. The lowest BCUT2D eigenvalue weighted by atomic mass is 10.1. The molecule has 3 N–H and O–H groups in total. The highest BCUT2D eigenvalue weighted by atomic mass is 15.3. The molecule has 0 aliphatic heterocycles. The Balaban J connectivity index is 2.40. The molecule has 2 aromatic heterocycles. The van der Waals surface area contributed by atoms with E-state index in [2.05, 4.69) is 15.5 Å².